The lowest BCUT2D eigenvalue weighted by Crippen LogP contribution is -2.18. The van der Waals surface area contributed by atoms with Crippen LogP contribution in [0.1, 0.15) is 5.69 Å². The van der Waals surface area contributed by atoms with Crippen molar-refractivity contribution in [1.29, 1.82) is 0 Å². The van der Waals surface area contributed by atoms with Crippen LogP contribution >= 0.6 is 15.9 Å². The van der Waals surface area contributed by atoms with Gasteiger partial charge in [-0.1, -0.05) is 15.9 Å². The Labute approximate surface area is 99.7 Å². The molecule has 0 saturated heterocycles. The molecule has 5 nitrogen and oxygen atoms in total. The molecule has 1 aromatic heterocycles. The number of aromatic nitrogens is 1. The van der Waals surface area contributed by atoms with Crippen LogP contribution in [0.5, 0.6) is 5.75 Å². The smallest absolute Gasteiger partial charge is 0.397 e. The summed E-state index contributed by atoms with van der Waals surface area (Å²) in [4.78, 5) is 12.4. The SMILES string of the molecule is O=[N+]([O-])c1c(OC(F)(F)F)cnc(CBr)c1F. The van der Waals surface area contributed by atoms with Crippen molar-refractivity contribution in [3.63, 3.8) is 0 Å². The van der Waals surface area contributed by atoms with Gasteiger partial charge in [-0.3, -0.25) is 15.1 Å². The highest BCUT2D eigenvalue weighted by Crippen LogP contribution is 2.34. The van der Waals surface area contributed by atoms with Crippen LogP contribution in [0, 0.1) is 15.9 Å². The number of nitro groups is 1. The summed E-state index contributed by atoms with van der Waals surface area (Å²) in [5.41, 5.74) is -1.78. The van der Waals surface area contributed by atoms with Gasteiger partial charge >= 0.3 is 12.0 Å². The number of halogens is 5. The van der Waals surface area contributed by atoms with E-state index in [9.17, 15) is 27.7 Å². The second-order valence-corrected chi connectivity index (χ2v) is 3.23. The third-order valence-corrected chi connectivity index (χ3v) is 2.10. The van der Waals surface area contributed by atoms with Crippen molar-refractivity contribution in [2.45, 2.75) is 11.7 Å². The van der Waals surface area contributed by atoms with Gasteiger partial charge in [-0.2, -0.15) is 4.39 Å². The van der Waals surface area contributed by atoms with Crippen LogP contribution in [-0.4, -0.2) is 16.3 Å². The van der Waals surface area contributed by atoms with Crippen molar-refractivity contribution in [3.05, 3.63) is 27.8 Å². The molecule has 0 N–H and O–H groups in total. The summed E-state index contributed by atoms with van der Waals surface area (Å²) in [5.74, 6) is -2.75. The average Bonchev–Trinajstić information content (AvgIpc) is 2.14. The van der Waals surface area contributed by atoms with E-state index in [1.165, 1.54) is 0 Å². The monoisotopic (exact) mass is 318 g/mol. The highest BCUT2D eigenvalue weighted by molar-refractivity contribution is 9.08. The topological polar surface area (TPSA) is 65.3 Å². The first-order valence-electron chi connectivity index (χ1n) is 3.89. The molecule has 0 aliphatic rings. The Balaban J connectivity index is 3.32. The molecule has 1 aromatic rings. The zero-order chi connectivity index (χ0) is 13.2. The predicted octanol–water partition coefficient (Wildman–Crippen LogP) is 2.92. The Morgan fingerprint density at radius 2 is 2.12 bits per heavy atom. The van der Waals surface area contributed by atoms with Gasteiger partial charge in [-0.25, -0.2) is 0 Å². The molecule has 0 aliphatic heterocycles. The Bertz CT molecular complexity index is 451. The number of alkyl halides is 4. The van der Waals surface area contributed by atoms with Crippen molar-refractivity contribution in [1.82, 2.24) is 4.98 Å². The summed E-state index contributed by atoms with van der Waals surface area (Å²) >= 11 is 2.79. The average molecular weight is 319 g/mol. The quantitative estimate of drug-likeness (QED) is 0.372. The number of nitrogens with zero attached hydrogens (tertiary/aromatic N) is 2. The predicted molar refractivity (Wildman–Crippen MR) is 50.2 cm³/mol. The highest BCUT2D eigenvalue weighted by atomic mass is 79.9. The molecule has 0 amide bonds. The van der Waals surface area contributed by atoms with Crippen molar-refractivity contribution < 1.29 is 27.2 Å². The summed E-state index contributed by atoms with van der Waals surface area (Å²) in [6.45, 7) is 0. The normalized spacial score (nSPS) is 11.4. The van der Waals surface area contributed by atoms with Crippen LogP contribution in [0.4, 0.5) is 23.2 Å². The first-order chi connectivity index (χ1) is 7.76. The molecule has 94 valence electrons. The first kappa shape index (κ1) is 13.6. The molecule has 0 saturated carbocycles. The fraction of sp³-hybridized carbons (Fsp3) is 0.286. The lowest BCUT2D eigenvalue weighted by Gasteiger charge is -2.09. The molecule has 1 rings (SSSR count). The summed E-state index contributed by atoms with van der Waals surface area (Å²) in [6.07, 6.45) is -4.71. The highest BCUT2D eigenvalue weighted by Gasteiger charge is 2.36. The third-order valence-electron chi connectivity index (χ3n) is 1.57. The Hall–Kier alpha value is -1.45. The second-order valence-electron chi connectivity index (χ2n) is 2.67. The van der Waals surface area contributed by atoms with Gasteiger partial charge in [0.1, 0.15) is 0 Å². The number of hydrogen-bond acceptors (Lipinski definition) is 4. The van der Waals surface area contributed by atoms with E-state index in [2.05, 4.69) is 25.7 Å². The molecular formula is C7H3BrF4N2O3. The van der Waals surface area contributed by atoms with Gasteiger partial charge in [0.05, 0.1) is 16.8 Å². The van der Waals surface area contributed by atoms with Gasteiger partial charge in [0.2, 0.25) is 11.6 Å². The van der Waals surface area contributed by atoms with Gasteiger partial charge in [-0.15, -0.1) is 13.2 Å². The zero-order valence-corrected chi connectivity index (χ0v) is 9.38. The van der Waals surface area contributed by atoms with Crippen molar-refractivity contribution in [2.75, 3.05) is 0 Å². The molecule has 0 unspecified atom stereocenters. The molecule has 1 heterocycles. The van der Waals surface area contributed by atoms with Gasteiger partial charge in [-0.05, 0) is 0 Å². The third kappa shape index (κ3) is 3.25. The summed E-state index contributed by atoms with van der Waals surface area (Å²) in [7, 11) is 0. The minimum absolute atomic E-state index is 0.175. The minimum Gasteiger partial charge on any atom is -0.397 e. The van der Waals surface area contributed by atoms with Crippen molar-refractivity contribution in [3.8, 4) is 5.75 Å². The summed E-state index contributed by atoms with van der Waals surface area (Å²) < 4.78 is 52.4. The lowest BCUT2D eigenvalue weighted by molar-refractivity contribution is -0.391. The molecule has 10 heteroatoms. The van der Waals surface area contributed by atoms with E-state index < -0.39 is 28.5 Å². The fourth-order valence-electron chi connectivity index (χ4n) is 0.962. The summed E-state index contributed by atoms with van der Waals surface area (Å²) in [6, 6.07) is 0. The Kier molecular flexibility index (Phi) is 3.86. The van der Waals surface area contributed by atoms with Crippen LogP contribution < -0.4 is 4.74 Å². The molecule has 17 heavy (non-hydrogen) atoms. The maximum atomic E-state index is 13.4. The van der Waals surface area contributed by atoms with E-state index in [1.807, 2.05) is 0 Å². The molecule has 0 bridgehead atoms. The van der Waals surface area contributed by atoms with Crippen molar-refractivity contribution >= 4 is 21.6 Å². The number of rotatable bonds is 3. The molecule has 0 spiro atoms. The number of ether oxygens (including phenoxy) is 1. The lowest BCUT2D eigenvalue weighted by atomic mass is 10.3. The van der Waals surface area contributed by atoms with Crippen LogP contribution in [0.3, 0.4) is 0 Å². The minimum atomic E-state index is -5.16. The molecule has 0 aromatic carbocycles. The maximum Gasteiger partial charge on any atom is 0.573 e. The molecule has 0 radical (unpaired) electrons. The summed E-state index contributed by atoms with van der Waals surface area (Å²) in [5, 5.41) is 10.3. The van der Waals surface area contributed by atoms with Crippen LogP contribution in [0.2, 0.25) is 0 Å². The van der Waals surface area contributed by atoms with Gasteiger partial charge < -0.3 is 4.74 Å². The van der Waals surface area contributed by atoms with E-state index >= 15 is 0 Å². The first-order valence-corrected chi connectivity index (χ1v) is 5.02. The Morgan fingerprint density at radius 3 is 2.53 bits per heavy atom. The van der Waals surface area contributed by atoms with Crippen LogP contribution in [0.15, 0.2) is 6.20 Å². The van der Waals surface area contributed by atoms with E-state index in [0.717, 1.165) is 0 Å². The zero-order valence-electron chi connectivity index (χ0n) is 7.79. The molecular weight excluding hydrogens is 316 g/mol. The van der Waals surface area contributed by atoms with E-state index in [0.29, 0.717) is 6.20 Å². The fourth-order valence-corrected chi connectivity index (χ4v) is 1.35. The van der Waals surface area contributed by atoms with E-state index in [-0.39, 0.29) is 11.0 Å². The standard InChI is InChI=1S/C7H3BrF4N2O3/c8-1-3-5(9)6(14(15)16)4(2-13-3)17-7(10,11)12/h2H,1H2. The second kappa shape index (κ2) is 4.82. The van der Waals surface area contributed by atoms with Crippen LogP contribution in [0.25, 0.3) is 0 Å². The Morgan fingerprint density at radius 1 is 1.53 bits per heavy atom. The van der Waals surface area contributed by atoms with E-state index in [1.54, 1.807) is 0 Å². The molecule has 0 atom stereocenters. The molecule has 0 fully saturated rings. The largest absolute Gasteiger partial charge is 0.573 e. The number of pyridine rings is 1. The van der Waals surface area contributed by atoms with Crippen LogP contribution in [-0.2, 0) is 5.33 Å². The number of hydrogen-bond donors (Lipinski definition) is 0. The maximum absolute atomic E-state index is 13.4. The van der Waals surface area contributed by atoms with Crippen molar-refractivity contribution in [2.24, 2.45) is 0 Å². The van der Waals surface area contributed by atoms with Gasteiger partial charge in [0, 0.05) is 5.33 Å². The van der Waals surface area contributed by atoms with E-state index in [4.69, 9.17) is 0 Å². The van der Waals surface area contributed by atoms with Gasteiger partial charge in [0.15, 0.2) is 0 Å². The van der Waals surface area contributed by atoms with Gasteiger partial charge in [0.25, 0.3) is 0 Å². The molecule has 0 aliphatic carbocycles.